The molecule has 0 heterocycles. The van der Waals surface area contributed by atoms with Gasteiger partial charge in [0.15, 0.2) is 0 Å². The number of nitrogens with one attached hydrogen (secondary N) is 1. The minimum Gasteiger partial charge on any atom is -0.326 e. The zero-order valence-corrected chi connectivity index (χ0v) is 10.4. The second kappa shape index (κ2) is 5.66. The van der Waals surface area contributed by atoms with E-state index in [0.29, 0.717) is 0 Å². The first-order valence-electron chi connectivity index (χ1n) is 5.53. The van der Waals surface area contributed by atoms with E-state index in [0.717, 1.165) is 12.2 Å². The van der Waals surface area contributed by atoms with Crippen molar-refractivity contribution in [3.8, 4) is 0 Å². The molecule has 1 aromatic rings. The zero-order valence-electron chi connectivity index (χ0n) is 10.4. The van der Waals surface area contributed by atoms with Crippen LogP contribution in [-0.4, -0.2) is 24.9 Å². The molecule has 0 aliphatic rings. The number of carbonyl (C=O) groups is 1. The van der Waals surface area contributed by atoms with Crippen molar-refractivity contribution in [2.24, 2.45) is 5.92 Å². The molecule has 0 aliphatic carbocycles. The summed E-state index contributed by atoms with van der Waals surface area (Å²) in [7, 11) is 4.07. The number of nitrogens with zero attached hydrogens (tertiary/aromatic N) is 1. The molecule has 3 heteroatoms. The third kappa shape index (κ3) is 4.03. The van der Waals surface area contributed by atoms with Crippen molar-refractivity contribution in [3.05, 3.63) is 29.8 Å². The Kier molecular flexibility index (Phi) is 4.50. The summed E-state index contributed by atoms with van der Waals surface area (Å²) in [5.74, 6) is 0.0711. The van der Waals surface area contributed by atoms with Crippen LogP contribution in [0.3, 0.4) is 0 Å². The third-order valence-corrected chi connectivity index (χ3v) is 2.24. The molecule has 0 aromatic heterocycles. The second-order valence-corrected chi connectivity index (χ2v) is 4.58. The van der Waals surface area contributed by atoms with E-state index in [2.05, 4.69) is 10.2 Å². The fourth-order valence-corrected chi connectivity index (χ4v) is 1.35. The molecular formula is C13H20N2O. The molecule has 3 nitrogen and oxygen atoms in total. The van der Waals surface area contributed by atoms with Crippen LogP contribution in [0.4, 0.5) is 5.69 Å². The monoisotopic (exact) mass is 220 g/mol. The van der Waals surface area contributed by atoms with Crippen molar-refractivity contribution < 1.29 is 4.79 Å². The zero-order chi connectivity index (χ0) is 12.1. The Morgan fingerprint density at radius 2 is 1.81 bits per heavy atom. The van der Waals surface area contributed by atoms with Crippen molar-refractivity contribution in [1.29, 1.82) is 0 Å². The SMILES string of the molecule is CC(C)C(=O)Nc1ccc(CN(C)C)cc1. The molecule has 0 radical (unpaired) electrons. The van der Waals surface area contributed by atoms with Gasteiger partial charge in [0.25, 0.3) is 0 Å². The molecule has 88 valence electrons. The largest absolute Gasteiger partial charge is 0.326 e. The van der Waals surface area contributed by atoms with E-state index in [1.54, 1.807) is 0 Å². The summed E-state index contributed by atoms with van der Waals surface area (Å²) in [5.41, 5.74) is 2.11. The van der Waals surface area contributed by atoms with Crippen LogP contribution in [0.5, 0.6) is 0 Å². The fraction of sp³-hybridized carbons (Fsp3) is 0.462. The lowest BCUT2D eigenvalue weighted by Gasteiger charge is -2.11. The number of hydrogen-bond acceptors (Lipinski definition) is 2. The predicted octanol–water partition coefficient (Wildman–Crippen LogP) is 2.34. The highest BCUT2D eigenvalue weighted by molar-refractivity contribution is 5.91. The van der Waals surface area contributed by atoms with Gasteiger partial charge in [0.2, 0.25) is 5.91 Å². The van der Waals surface area contributed by atoms with Crippen LogP contribution in [-0.2, 0) is 11.3 Å². The van der Waals surface area contributed by atoms with Crippen LogP contribution >= 0.6 is 0 Å². The fourth-order valence-electron chi connectivity index (χ4n) is 1.35. The maximum Gasteiger partial charge on any atom is 0.226 e. The number of rotatable bonds is 4. The number of benzene rings is 1. The van der Waals surface area contributed by atoms with Gasteiger partial charge in [-0.1, -0.05) is 26.0 Å². The Hall–Kier alpha value is -1.35. The number of amides is 1. The summed E-state index contributed by atoms with van der Waals surface area (Å²) in [6, 6.07) is 7.96. The Labute approximate surface area is 97.5 Å². The van der Waals surface area contributed by atoms with E-state index in [-0.39, 0.29) is 11.8 Å². The normalized spacial score (nSPS) is 10.9. The third-order valence-electron chi connectivity index (χ3n) is 2.24. The Morgan fingerprint density at radius 3 is 2.25 bits per heavy atom. The summed E-state index contributed by atoms with van der Waals surface area (Å²) in [6.07, 6.45) is 0. The second-order valence-electron chi connectivity index (χ2n) is 4.58. The molecule has 0 fully saturated rings. The topological polar surface area (TPSA) is 32.3 Å². The van der Waals surface area contributed by atoms with Gasteiger partial charge in [-0.05, 0) is 31.8 Å². The van der Waals surface area contributed by atoms with Gasteiger partial charge in [0.1, 0.15) is 0 Å². The first-order valence-corrected chi connectivity index (χ1v) is 5.53. The van der Waals surface area contributed by atoms with E-state index in [4.69, 9.17) is 0 Å². The van der Waals surface area contributed by atoms with Gasteiger partial charge in [-0.15, -0.1) is 0 Å². The van der Waals surface area contributed by atoms with E-state index in [9.17, 15) is 4.79 Å². The van der Waals surface area contributed by atoms with Crippen molar-refractivity contribution in [1.82, 2.24) is 4.90 Å². The first-order chi connectivity index (χ1) is 7.49. The lowest BCUT2D eigenvalue weighted by atomic mass is 10.1. The molecule has 1 N–H and O–H groups in total. The molecule has 0 aliphatic heterocycles. The van der Waals surface area contributed by atoms with Gasteiger partial charge >= 0.3 is 0 Å². The molecule has 0 atom stereocenters. The van der Waals surface area contributed by atoms with Crippen LogP contribution < -0.4 is 5.32 Å². The van der Waals surface area contributed by atoms with Gasteiger partial charge in [-0.25, -0.2) is 0 Å². The van der Waals surface area contributed by atoms with E-state index in [1.165, 1.54) is 5.56 Å². The lowest BCUT2D eigenvalue weighted by molar-refractivity contribution is -0.118. The Bertz CT molecular complexity index is 341. The van der Waals surface area contributed by atoms with Crippen LogP contribution in [0.1, 0.15) is 19.4 Å². The molecule has 0 spiro atoms. The Balaban J connectivity index is 2.61. The highest BCUT2D eigenvalue weighted by atomic mass is 16.1. The van der Waals surface area contributed by atoms with E-state index < -0.39 is 0 Å². The van der Waals surface area contributed by atoms with Gasteiger partial charge in [0, 0.05) is 18.2 Å². The molecule has 16 heavy (non-hydrogen) atoms. The summed E-state index contributed by atoms with van der Waals surface area (Å²) in [6.45, 7) is 4.68. The number of anilines is 1. The summed E-state index contributed by atoms with van der Waals surface area (Å²) in [5, 5.41) is 2.87. The van der Waals surface area contributed by atoms with E-state index >= 15 is 0 Å². The molecule has 1 amide bonds. The quantitative estimate of drug-likeness (QED) is 0.844. The van der Waals surface area contributed by atoms with E-state index in [1.807, 2.05) is 52.2 Å². The maximum absolute atomic E-state index is 11.5. The number of hydrogen-bond donors (Lipinski definition) is 1. The summed E-state index contributed by atoms with van der Waals surface area (Å²) in [4.78, 5) is 13.6. The number of carbonyl (C=O) groups excluding carboxylic acids is 1. The average molecular weight is 220 g/mol. The maximum atomic E-state index is 11.5. The first kappa shape index (κ1) is 12.7. The smallest absolute Gasteiger partial charge is 0.226 e. The molecule has 0 unspecified atom stereocenters. The van der Waals surface area contributed by atoms with Crippen molar-refractivity contribution in [2.45, 2.75) is 20.4 Å². The molecule has 0 saturated carbocycles. The van der Waals surface area contributed by atoms with Crippen LogP contribution in [0.15, 0.2) is 24.3 Å². The van der Waals surface area contributed by atoms with Gasteiger partial charge in [-0.2, -0.15) is 0 Å². The highest BCUT2D eigenvalue weighted by Crippen LogP contribution is 2.11. The summed E-state index contributed by atoms with van der Waals surface area (Å²) < 4.78 is 0. The molecule has 1 rings (SSSR count). The lowest BCUT2D eigenvalue weighted by Crippen LogP contribution is -2.17. The molecule has 0 saturated heterocycles. The Morgan fingerprint density at radius 1 is 1.25 bits per heavy atom. The van der Waals surface area contributed by atoms with Gasteiger partial charge < -0.3 is 10.2 Å². The van der Waals surface area contributed by atoms with Crippen molar-refractivity contribution in [3.63, 3.8) is 0 Å². The van der Waals surface area contributed by atoms with Crippen molar-refractivity contribution >= 4 is 11.6 Å². The molecular weight excluding hydrogens is 200 g/mol. The van der Waals surface area contributed by atoms with Crippen molar-refractivity contribution in [2.75, 3.05) is 19.4 Å². The minimum absolute atomic E-state index is 0.0152. The average Bonchev–Trinajstić information content (AvgIpc) is 2.20. The molecule has 0 bridgehead atoms. The molecule has 1 aromatic carbocycles. The van der Waals surface area contributed by atoms with Crippen LogP contribution in [0.25, 0.3) is 0 Å². The van der Waals surface area contributed by atoms with Crippen LogP contribution in [0, 0.1) is 5.92 Å². The predicted molar refractivity (Wildman–Crippen MR) is 67.3 cm³/mol. The van der Waals surface area contributed by atoms with Gasteiger partial charge in [0.05, 0.1) is 0 Å². The summed E-state index contributed by atoms with van der Waals surface area (Å²) >= 11 is 0. The highest BCUT2D eigenvalue weighted by Gasteiger charge is 2.06. The van der Waals surface area contributed by atoms with Gasteiger partial charge in [-0.3, -0.25) is 4.79 Å². The van der Waals surface area contributed by atoms with Crippen LogP contribution in [0.2, 0.25) is 0 Å². The minimum atomic E-state index is 0.0152. The standard InChI is InChI=1S/C13H20N2O/c1-10(2)13(16)14-12-7-5-11(6-8-12)9-15(3)4/h5-8,10H,9H2,1-4H3,(H,14,16).